The molecule has 0 unspecified atom stereocenters. The van der Waals surface area contributed by atoms with E-state index in [4.69, 9.17) is 23.7 Å². The van der Waals surface area contributed by atoms with Gasteiger partial charge in [-0.25, -0.2) is 0 Å². The second-order valence-corrected chi connectivity index (χ2v) is 7.53. The van der Waals surface area contributed by atoms with Crippen LogP contribution in [0.1, 0.15) is 23.6 Å². The van der Waals surface area contributed by atoms with Gasteiger partial charge >= 0.3 is 0 Å². The molecule has 182 valence electrons. The molecule has 1 atom stereocenters. The molecule has 0 radical (unpaired) electrons. The number of ether oxygens (including phenoxy) is 5. The summed E-state index contributed by atoms with van der Waals surface area (Å²) in [6.45, 7) is 0.655. The van der Waals surface area contributed by atoms with Crippen LogP contribution in [0, 0.1) is 0 Å². The zero-order chi connectivity index (χ0) is 24.8. The predicted octanol–water partition coefficient (Wildman–Crippen LogP) is 3.18. The van der Waals surface area contributed by atoms with Crippen LogP contribution in [0.25, 0.3) is 5.76 Å². The minimum absolute atomic E-state index is 0.0261. The average Bonchev–Trinajstić information content (AvgIpc) is 3.12. The highest BCUT2D eigenvalue weighted by atomic mass is 16.5. The summed E-state index contributed by atoms with van der Waals surface area (Å²) in [4.78, 5) is 27.6. The van der Waals surface area contributed by atoms with Gasteiger partial charge in [-0.05, 0) is 48.4 Å². The molecule has 0 bridgehead atoms. The number of Topliss-reactive ketones (excluding diaryl/α,β-unsaturated/α-hetero) is 1. The van der Waals surface area contributed by atoms with Crippen molar-refractivity contribution in [2.75, 3.05) is 48.7 Å². The molecule has 0 spiro atoms. The van der Waals surface area contributed by atoms with Crippen molar-refractivity contribution < 1.29 is 38.4 Å². The molecule has 1 amide bonds. The van der Waals surface area contributed by atoms with Gasteiger partial charge in [-0.2, -0.15) is 0 Å². The lowest BCUT2D eigenvalue weighted by Gasteiger charge is -2.26. The fraction of sp³-hybridized carbons (Fsp3) is 0.360. The lowest BCUT2D eigenvalue weighted by molar-refractivity contribution is -0.140. The zero-order valence-electron chi connectivity index (χ0n) is 19.9. The van der Waals surface area contributed by atoms with E-state index in [0.29, 0.717) is 47.2 Å². The molecule has 1 N–H and O–H groups in total. The molecular formula is C25H29NO8. The SMILES string of the molecule is COCCCN1C(=O)C(=O)C(=C(O)c2ccc(OC)cc2)[C@@H]1c1cc(OC)c(OC)c(OC)c1. The van der Waals surface area contributed by atoms with E-state index < -0.39 is 17.7 Å². The van der Waals surface area contributed by atoms with E-state index in [2.05, 4.69) is 0 Å². The molecule has 0 aliphatic carbocycles. The molecule has 9 heteroatoms. The summed E-state index contributed by atoms with van der Waals surface area (Å²) in [5.41, 5.74) is 0.885. The third kappa shape index (κ3) is 4.65. The first-order valence-electron chi connectivity index (χ1n) is 10.6. The first kappa shape index (κ1) is 24.9. The van der Waals surface area contributed by atoms with Crippen molar-refractivity contribution in [3.8, 4) is 23.0 Å². The normalized spacial score (nSPS) is 17.1. The molecule has 1 fully saturated rings. The number of carbonyl (C=O) groups excluding carboxylic acids is 2. The summed E-state index contributed by atoms with van der Waals surface area (Å²) >= 11 is 0. The van der Waals surface area contributed by atoms with Gasteiger partial charge in [0.15, 0.2) is 11.5 Å². The van der Waals surface area contributed by atoms with Crippen LogP contribution in [0.3, 0.4) is 0 Å². The number of likely N-dealkylation sites (tertiary alicyclic amines) is 1. The maximum absolute atomic E-state index is 13.1. The molecule has 9 nitrogen and oxygen atoms in total. The van der Waals surface area contributed by atoms with Crippen molar-refractivity contribution in [1.29, 1.82) is 0 Å². The quantitative estimate of drug-likeness (QED) is 0.244. The van der Waals surface area contributed by atoms with Crippen LogP contribution in [0.2, 0.25) is 0 Å². The summed E-state index contributed by atoms with van der Waals surface area (Å²) < 4.78 is 26.6. The van der Waals surface area contributed by atoms with Crippen LogP contribution < -0.4 is 18.9 Å². The number of benzene rings is 2. The van der Waals surface area contributed by atoms with Gasteiger partial charge in [0.05, 0.1) is 40.1 Å². The number of ketones is 1. The monoisotopic (exact) mass is 471 g/mol. The van der Waals surface area contributed by atoms with Crippen molar-refractivity contribution in [3.63, 3.8) is 0 Å². The molecule has 1 saturated heterocycles. The topological polar surface area (TPSA) is 104 Å². The van der Waals surface area contributed by atoms with Crippen LogP contribution in [0.5, 0.6) is 23.0 Å². The van der Waals surface area contributed by atoms with Gasteiger partial charge in [-0.15, -0.1) is 0 Å². The summed E-state index contributed by atoms with van der Waals surface area (Å²) in [5, 5.41) is 11.2. The number of rotatable bonds is 10. The van der Waals surface area contributed by atoms with Gasteiger partial charge < -0.3 is 33.7 Å². The summed E-state index contributed by atoms with van der Waals surface area (Å²) in [6.07, 6.45) is 0.507. The van der Waals surface area contributed by atoms with E-state index in [0.717, 1.165) is 0 Å². The number of amides is 1. The largest absolute Gasteiger partial charge is 0.507 e. The first-order chi connectivity index (χ1) is 16.4. The third-order valence-corrected chi connectivity index (χ3v) is 5.65. The Morgan fingerprint density at radius 2 is 1.53 bits per heavy atom. The summed E-state index contributed by atoms with van der Waals surface area (Å²) in [5.74, 6) is -0.0612. The van der Waals surface area contributed by atoms with Crippen LogP contribution in [-0.4, -0.2) is 70.4 Å². The van der Waals surface area contributed by atoms with Gasteiger partial charge in [0.1, 0.15) is 11.5 Å². The van der Waals surface area contributed by atoms with Crippen molar-refractivity contribution in [2.45, 2.75) is 12.5 Å². The van der Waals surface area contributed by atoms with Crippen molar-refractivity contribution in [1.82, 2.24) is 4.90 Å². The number of methoxy groups -OCH3 is 5. The van der Waals surface area contributed by atoms with E-state index in [1.54, 1.807) is 43.5 Å². The standard InChI is InChI=1S/C25H29NO8/c1-30-12-6-11-26-21(16-13-18(32-3)24(34-5)19(14-16)33-4)20(23(28)25(26)29)22(27)15-7-9-17(31-2)10-8-15/h7-10,13-14,21,27H,6,11-12H2,1-5H3/t21-/m0/s1. The van der Waals surface area contributed by atoms with Crippen molar-refractivity contribution >= 4 is 17.4 Å². The van der Waals surface area contributed by atoms with Crippen LogP contribution >= 0.6 is 0 Å². The third-order valence-electron chi connectivity index (χ3n) is 5.65. The van der Waals surface area contributed by atoms with E-state index in [1.807, 2.05) is 0 Å². The maximum atomic E-state index is 13.1. The average molecular weight is 472 g/mol. The molecule has 1 heterocycles. The fourth-order valence-electron chi connectivity index (χ4n) is 4.00. The molecule has 2 aromatic rings. The molecule has 2 aromatic carbocycles. The predicted molar refractivity (Wildman–Crippen MR) is 125 cm³/mol. The Bertz CT molecular complexity index is 1050. The fourth-order valence-corrected chi connectivity index (χ4v) is 4.00. The second kappa shape index (κ2) is 10.9. The molecular weight excluding hydrogens is 442 g/mol. The van der Waals surface area contributed by atoms with E-state index in [1.165, 1.54) is 33.3 Å². The Labute approximate surface area is 198 Å². The summed E-state index contributed by atoms with van der Waals surface area (Å²) in [6, 6.07) is 9.05. The van der Waals surface area contributed by atoms with Crippen LogP contribution in [-0.2, 0) is 14.3 Å². The van der Waals surface area contributed by atoms with E-state index >= 15 is 0 Å². The molecule has 3 rings (SSSR count). The van der Waals surface area contributed by atoms with Gasteiger partial charge in [0, 0.05) is 25.8 Å². The second-order valence-electron chi connectivity index (χ2n) is 7.53. The first-order valence-corrected chi connectivity index (χ1v) is 10.6. The number of hydrogen-bond acceptors (Lipinski definition) is 8. The Kier molecular flexibility index (Phi) is 8.01. The van der Waals surface area contributed by atoms with E-state index in [9.17, 15) is 14.7 Å². The zero-order valence-corrected chi connectivity index (χ0v) is 19.9. The van der Waals surface area contributed by atoms with E-state index in [-0.39, 0.29) is 17.9 Å². The smallest absolute Gasteiger partial charge is 0.295 e. The number of aliphatic hydroxyl groups is 1. The van der Waals surface area contributed by atoms with Gasteiger partial charge in [0.2, 0.25) is 5.75 Å². The van der Waals surface area contributed by atoms with Gasteiger partial charge in [-0.1, -0.05) is 0 Å². The van der Waals surface area contributed by atoms with Crippen molar-refractivity contribution in [3.05, 3.63) is 53.1 Å². The molecule has 34 heavy (non-hydrogen) atoms. The Balaban J connectivity index is 2.21. The Morgan fingerprint density at radius 3 is 2.03 bits per heavy atom. The lowest BCUT2D eigenvalue weighted by Crippen LogP contribution is -2.31. The lowest BCUT2D eigenvalue weighted by atomic mass is 9.94. The minimum atomic E-state index is -0.868. The Morgan fingerprint density at radius 1 is 0.912 bits per heavy atom. The molecule has 1 aliphatic heterocycles. The number of nitrogens with zero attached hydrogens (tertiary/aromatic N) is 1. The molecule has 1 aliphatic rings. The van der Waals surface area contributed by atoms with Gasteiger partial charge in [-0.3, -0.25) is 9.59 Å². The maximum Gasteiger partial charge on any atom is 0.295 e. The van der Waals surface area contributed by atoms with Crippen molar-refractivity contribution in [2.24, 2.45) is 0 Å². The number of aliphatic hydroxyl groups excluding tert-OH is 1. The minimum Gasteiger partial charge on any atom is -0.507 e. The number of carbonyl (C=O) groups is 2. The summed E-state index contributed by atoms with van der Waals surface area (Å²) in [7, 11) is 7.54. The number of hydrogen-bond donors (Lipinski definition) is 1. The van der Waals surface area contributed by atoms with Gasteiger partial charge in [0.25, 0.3) is 11.7 Å². The van der Waals surface area contributed by atoms with Crippen LogP contribution in [0.15, 0.2) is 42.0 Å². The van der Waals surface area contributed by atoms with Crippen LogP contribution in [0.4, 0.5) is 0 Å². The molecule has 0 aromatic heterocycles. The highest BCUT2D eigenvalue weighted by Crippen LogP contribution is 2.45. The highest BCUT2D eigenvalue weighted by Gasteiger charge is 2.46. The molecule has 0 saturated carbocycles. The Hall–Kier alpha value is -3.72. The highest BCUT2D eigenvalue weighted by molar-refractivity contribution is 6.46.